The highest BCUT2D eigenvalue weighted by Crippen LogP contribution is 2.27. The molecular formula is C18H21N5O. The van der Waals surface area contributed by atoms with Crippen LogP contribution in [0.4, 0.5) is 0 Å². The maximum atomic E-state index is 5.42. The Bertz CT molecular complexity index is 745. The van der Waals surface area contributed by atoms with E-state index in [9.17, 15) is 0 Å². The van der Waals surface area contributed by atoms with Crippen LogP contribution in [0.5, 0.6) is 0 Å². The highest BCUT2D eigenvalue weighted by molar-refractivity contribution is 5.18. The lowest BCUT2D eigenvalue weighted by Gasteiger charge is -2.30. The lowest BCUT2D eigenvalue weighted by atomic mass is 9.92. The van der Waals surface area contributed by atoms with E-state index in [0.717, 1.165) is 38.3 Å². The fourth-order valence-corrected chi connectivity index (χ4v) is 3.30. The normalized spacial score (nSPS) is 16.5. The van der Waals surface area contributed by atoms with E-state index in [-0.39, 0.29) is 0 Å². The molecule has 1 aliphatic rings. The van der Waals surface area contributed by atoms with Crippen molar-refractivity contribution in [2.24, 2.45) is 0 Å². The van der Waals surface area contributed by atoms with Gasteiger partial charge in [0.25, 0.3) is 0 Å². The van der Waals surface area contributed by atoms with Gasteiger partial charge in [0.05, 0.1) is 12.7 Å². The summed E-state index contributed by atoms with van der Waals surface area (Å²) in [5.74, 6) is 2.07. The number of aromatic amines is 1. The van der Waals surface area contributed by atoms with E-state index in [2.05, 4.69) is 37.4 Å². The minimum absolute atomic E-state index is 0.608. The van der Waals surface area contributed by atoms with Crippen LogP contribution in [0.3, 0.4) is 0 Å². The third kappa shape index (κ3) is 3.54. The van der Waals surface area contributed by atoms with E-state index < -0.39 is 0 Å². The van der Waals surface area contributed by atoms with Gasteiger partial charge in [-0.05, 0) is 43.0 Å². The van der Waals surface area contributed by atoms with E-state index in [1.54, 1.807) is 0 Å². The van der Waals surface area contributed by atoms with Crippen molar-refractivity contribution in [1.29, 1.82) is 0 Å². The van der Waals surface area contributed by atoms with Gasteiger partial charge in [-0.25, -0.2) is 0 Å². The molecule has 0 unspecified atom stereocenters. The summed E-state index contributed by atoms with van der Waals surface area (Å²) in [6, 6.07) is 10.2. The molecule has 1 aromatic carbocycles. The van der Waals surface area contributed by atoms with Crippen molar-refractivity contribution < 1.29 is 4.52 Å². The van der Waals surface area contributed by atoms with Crippen LogP contribution < -0.4 is 0 Å². The van der Waals surface area contributed by atoms with Crippen molar-refractivity contribution in [2.45, 2.75) is 31.7 Å². The number of hydrogen-bond donors (Lipinski definition) is 1. The topological polar surface area (TPSA) is 70.8 Å². The summed E-state index contributed by atoms with van der Waals surface area (Å²) >= 11 is 0. The van der Waals surface area contributed by atoms with E-state index in [1.807, 2.05) is 30.6 Å². The number of benzene rings is 1. The fourth-order valence-electron chi connectivity index (χ4n) is 3.30. The van der Waals surface area contributed by atoms with Crippen molar-refractivity contribution in [1.82, 2.24) is 25.2 Å². The Morgan fingerprint density at radius 1 is 1.17 bits per heavy atom. The predicted molar refractivity (Wildman–Crippen MR) is 89.4 cm³/mol. The third-order valence-corrected chi connectivity index (χ3v) is 4.65. The Morgan fingerprint density at radius 3 is 2.75 bits per heavy atom. The van der Waals surface area contributed by atoms with Gasteiger partial charge in [-0.3, -0.25) is 10.00 Å². The van der Waals surface area contributed by atoms with Crippen LogP contribution in [-0.4, -0.2) is 38.3 Å². The number of nitrogens with zero attached hydrogens (tertiary/aromatic N) is 4. The molecule has 24 heavy (non-hydrogen) atoms. The number of nitrogens with one attached hydrogen (secondary N) is 1. The molecule has 124 valence electrons. The molecular weight excluding hydrogens is 302 g/mol. The first-order valence-electron chi connectivity index (χ1n) is 8.43. The maximum absolute atomic E-state index is 5.42. The summed E-state index contributed by atoms with van der Waals surface area (Å²) in [6.07, 6.45) is 6.95. The van der Waals surface area contributed by atoms with Crippen molar-refractivity contribution in [2.75, 3.05) is 13.1 Å². The molecule has 6 nitrogen and oxygen atoms in total. The van der Waals surface area contributed by atoms with Crippen molar-refractivity contribution in [3.63, 3.8) is 0 Å². The van der Waals surface area contributed by atoms with Gasteiger partial charge in [-0.15, -0.1) is 0 Å². The lowest BCUT2D eigenvalue weighted by molar-refractivity contribution is 0.181. The van der Waals surface area contributed by atoms with Gasteiger partial charge >= 0.3 is 0 Å². The quantitative estimate of drug-likeness (QED) is 0.782. The van der Waals surface area contributed by atoms with E-state index in [0.29, 0.717) is 18.2 Å². The van der Waals surface area contributed by atoms with Gasteiger partial charge in [0.1, 0.15) is 0 Å². The summed E-state index contributed by atoms with van der Waals surface area (Å²) in [4.78, 5) is 6.92. The Kier molecular flexibility index (Phi) is 4.38. The Labute approximate surface area is 140 Å². The summed E-state index contributed by atoms with van der Waals surface area (Å²) in [5.41, 5.74) is 2.52. The SMILES string of the molecule is c1ccc(Cc2noc(CN3CCC(c4cn[nH]c4)CC3)n2)cc1. The maximum Gasteiger partial charge on any atom is 0.240 e. The second-order valence-electron chi connectivity index (χ2n) is 6.35. The second-order valence-corrected chi connectivity index (χ2v) is 6.35. The zero-order valence-corrected chi connectivity index (χ0v) is 13.6. The van der Waals surface area contributed by atoms with Gasteiger partial charge in [0.2, 0.25) is 5.89 Å². The molecule has 0 amide bonds. The van der Waals surface area contributed by atoms with Crippen LogP contribution >= 0.6 is 0 Å². The highest BCUT2D eigenvalue weighted by Gasteiger charge is 2.22. The molecule has 1 saturated heterocycles. The van der Waals surface area contributed by atoms with E-state index in [4.69, 9.17) is 4.52 Å². The first kappa shape index (κ1) is 15.1. The second kappa shape index (κ2) is 6.97. The van der Waals surface area contributed by atoms with Gasteiger partial charge < -0.3 is 4.52 Å². The summed E-state index contributed by atoms with van der Waals surface area (Å²) < 4.78 is 5.42. The summed E-state index contributed by atoms with van der Waals surface area (Å²) in [5, 5.41) is 11.1. The van der Waals surface area contributed by atoms with Crippen LogP contribution in [0.15, 0.2) is 47.2 Å². The molecule has 1 aliphatic heterocycles. The molecule has 1 fully saturated rings. The lowest BCUT2D eigenvalue weighted by Crippen LogP contribution is -2.32. The van der Waals surface area contributed by atoms with Crippen molar-refractivity contribution in [3.8, 4) is 0 Å². The van der Waals surface area contributed by atoms with E-state index in [1.165, 1.54) is 11.1 Å². The number of hydrogen-bond acceptors (Lipinski definition) is 5. The number of rotatable bonds is 5. The molecule has 0 radical (unpaired) electrons. The number of piperidine rings is 1. The van der Waals surface area contributed by atoms with Gasteiger partial charge in [0, 0.05) is 12.6 Å². The first-order valence-corrected chi connectivity index (χ1v) is 8.43. The number of likely N-dealkylation sites (tertiary alicyclic amines) is 1. The zero-order valence-electron chi connectivity index (χ0n) is 13.6. The Balaban J connectivity index is 1.30. The molecule has 0 aliphatic carbocycles. The van der Waals surface area contributed by atoms with E-state index >= 15 is 0 Å². The van der Waals surface area contributed by atoms with Gasteiger partial charge in [-0.2, -0.15) is 10.1 Å². The highest BCUT2D eigenvalue weighted by atomic mass is 16.5. The molecule has 0 atom stereocenters. The molecule has 3 aromatic rings. The molecule has 0 spiro atoms. The molecule has 6 heteroatoms. The molecule has 0 saturated carbocycles. The molecule has 1 N–H and O–H groups in total. The number of aromatic nitrogens is 4. The fraction of sp³-hybridized carbons (Fsp3) is 0.389. The smallest absolute Gasteiger partial charge is 0.240 e. The molecule has 0 bridgehead atoms. The van der Waals surface area contributed by atoms with Gasteiger partial charge in [-0.1, -0.05) is 35.5 Å². The Morgan fingerprint density at radius 2 is 2.00 bits per heavy atom. The predicted octanol–water partition coefficient (Wildman–Crippen LogP) is 2.76. The van der Waals surface area contributed by atoms with Gasteiger partial charge in [0.15, 0.2) is 5.82 Å². The minimum atomic E-state index is 0.608. The van der Waals surface area contributed by atoms with Crippen molar-refractivity contribution >= 4 is 0 Å². The average Bonchev–Trinajstić information content (AvgIpc) is 3.29. The molecule has 3 heterocycles. The Hall–Kier alpha value is -2.47. The number of H-pyrrole nitrogens is 1. The monoisotopic (exact) mass is 323 g/mol. The third-order valence-electron chi connectivity index (χ3n) is 4.65. The summed E-state index contributed by atoms with van der Waals surface area (Å²) in [6.45, 7) is 2.83. The first-order chi connectivity index (χ1) is 11.9. The largest absolute Gasteiger partial charge is 0.338 e. The van der Waals surface area contributed by atoms with Crippen molar-refractivity contribution in [3.05, 3.63) is 65.6 Å². The van der Waals surface area contributed by atoms with Crippen LogP contribution in [-0.2, 0) is 13.0 Å². The van der Waals surface area contributed by atoms with Crippen LogP contribution in [0.1, 0.15) is 41.6 Å². The molecule has 2 aromatic heterocycles. The standard InChI is InChI=1S/C18H21N5O/c1-2-4-14(5-3-1)10-17-21-18(24-22-17)13-23-8-6-15(7-9-23)16-11-19-20-12-16/h1-5,11-12,15H,6-10,13H2,(H,19,20). The zero-order chi connectivity index (χ0) is 16.2. The summed E-state index contributed by atoms with van der Waals surface area (Å²) in [7, 11) is 0. The van der Waals surface area contributed by atoms with Crippen LogP contribution in [0.25, 0.3) is 0 Å². The van der Waals surface area contributed by atoms with Crippen LogP contribution in [0, 0.1) is 0 Å². The minimum Gasteiger partial charge on any atom is -0.338 e. The van der Waals surface area contributed by atoms with Crippen LogP contribution in [0.2, 0.25) is 0 Å². The molecule has 4 rings (SSSR count). The average molecular weight is 323 g/mol.